The number of amides is 2. The predicted octanol–water partition coefficient (Wildman–Crippen LogP) is -0.237. The molecule has 1 N–H and O–H groups in total. The molecule has 2 aliphatic heterocycles. The maximum Gasteiger partial charge on any atom is 0.251 e. The van der Waals surface area contributed by atoms with Gasteiger partial charge in [0.05, 0.1) is 0 Å². The number of carbonyl (C=O) groups is 2. The molecule has 2 bridgehead atoms. The zero-order valence-electron chi connectivity index (χ0n) is 15.1. The SMILES string of the molecule is CC(=O)N1C[C@H]2C[C@@H](C1)[C@H](C(=O)NCCn1cnnc1)n1c2cccc1=O. The van der Waals surface area contributed by atoms with E-state index in [1.54, 1.807) is 39.7 Å². The van der Waals surface area contributed by atoms with Crippen LogP contribution in [0.15, 0.2) is 35.6 Å². The molecule has 0 saturated carbocycles. The highest BCUT2D eigenvalue weighted by molar-refractivity contribution is 5.81. The van der Waals surface area contributed by atoms with E-state index in [2.05, 4.69) is 15.5 Å². The smallest absolute Gasteiger partial charge is 0.251 e. The van der Waals surface area contributed by atoms with E-state index in [4.69, 9.17) is 0 Å². The molecule has 0 spiro atoms. The summed E-state index contributed by atoms with van der Waals surface area (Å²) in [5, 5.41) is 10.4. The minimum Gasteiger partial charge on any atom is -0.352 e. The fourth-order valence-electron chi connectivity index (χ4n) is 4.28. The number of nitrogens with one attached hydrogen (secondary N) is 1. The highest BCUT2D eigenvalue weighted by Gasteiger charge is 2.44. The van der Waals surface area contributed by atoms with Gasteiger partial charge >= 0.3 is 0 Å². The quantitative estimate of drug-likeness (QED) is 0.801. The molecule has 2 amide bonds. The Balaban J connectivity index is 1.60. The van der Waals surface area contributed by atoms with Crippen LogP contribution < -0.4 is 10.9 Å². The van der Waals surface area contributed by atoms with Gasteiger partial charge in [-0.3, -0.25) is 19.0 Å². The van der Waals surface area contributed by atoms with E-state index >= 15 is 0 Å². The standard InChI is InChI=1S/C18H22N6O3/c1-12(25)23-8-13-7-14(9-23)17(24-15(13)3-2-4-16(24)26)18(27)19-5-6-22-10-20-21-11-22/h2-4,10-11,13-14,17H,5-9H2,1H3,(H,19,27)/t13-,14+,17-/m1/s1. The van der Waals surface area contributed by atoms with Crippen molar-refractivity contribution >= 4 is 11.8 Å². The van der Waals surface area contributed by atoms with E-state index in [0.29, 0.717) is 26.2 Å². The lowest BCUT2D eigenvalue weighted by Gasteiger charge is -2.46. The van der Waals surface area contributed by atoms with Crippen LogP contribution in [0.3, 0.4) is 0 Å². The first-order valence-corrected chi connectivity index (χ1v) is 9.11. The third-order valence-corrected chi connectivity index (χ3v) is 5.50. The second-order valence-corrected chi connectivity index (χ2v) is 7.21. The van der Waals surface area contributed by atoms with Gasteiger partial charge in [0.25, 0.3) is 5.56 Å². The molecule has 2 aromatic rings. The lowest BCUT2D eigenvalue weighted by atomic mass is 9.78. The fraction of sp³-hybridized carbons (Fsp3) is 0.500. The Kier molecular flexibility index (Phi) is 4.51. The van der Waals surface area contributed by atoms with Crippen LogP contribution in [0.2, 0.25) is 0 Å². The molecular formula is C18H22N6O3. The molecule has 2 aromatic heterocycles. The van der Waals surface area contributed by atoms with Crippen LogP contribution in [-0.4, -0.2) is 55.7 Å². The van der Waals surface area contributed by atoms with Crippen molar-refractivity contribution in [2.75, 3.05) is 19.6 Å². The molecule has 0 aromatic carbocycles. The lowest BCUT2D eigenvalue weighted by molar-refractivity contribution is -0.135. The van der Waals surface area contributed by atoms with Crippen molar-refractivity contribution in [3.8, 4) is 0 Å². The monoisotopic (exact) mass is 370 g/mol. The Morgan fingerprint density at radius 2 is 2.00 bits per heavy atom. The topological polar surface area (TPSA) is 102 Å². The number of pyridine rings is 1. The third-order valence-electron chi connectivity index (χ3n) is 5.50. The molecule has 2 aliphatic rings. The molecule has 0 unspecified atom stereocenters. The maximum absolute atomic E-state index is 13.0. The van der Waals surface area contributed by atoms with Crippen LogP contribution in [0.5, 0.6) is 0 Å². The second-order valence-electron chi connectivity index (χ2n) is 7.21. The summed E-state index contributed by atoms with van der Waals surface area (Å²) in [6, 6.07) is 4.50. The van der Waals surface area contributed by atoms with Gasteiger partial charge in [-0.25, -0.2) is 0 Å². The van der Waals surface area contributed by atoms with Crippen molar-refractivity contribution in [1.29, 1.82) is 0 Å². The minimum atomic E-state index is -0.604. The summed E-state index contributed by atoms with van der Waals surface area (Å²) in [7, 11) is 0. The highest BCUT2D eigenvalue weighted by Crippen LogP contribution is 2.41. The lowest BCUT2D eigenvalue weighted by Crippen LogP contribution is -2.54. The number of carbonyl (C=O) groups excluding carboxylic acids is 2. The molecule has 142 valence electrons. The normalized spacial score (nSPS) is 23.6. The molecule has 1 saturated heterocycles. The summed E-state index contributed by atoms with van der Waals surface area (Å²) in [6.07, 6.45) is 3.98. The van der Waals surface area contributed by atoms with E-state index in [0.717, 1.165) is 12.1 Å². The summed E-state index contributed by atoms with van der Waals surface area (Å²) in [5.41, 5.74) is 0.668. The summed E-state index contributed by atoms with van der Waals surface area (Å²) in [5.74, 6) is -0.174. The summed E-state index contributed by atoms with van der Waals surface area (Å²) < 4.78 is 3.40. The molecule has 9 nitrogen and oxygen atoms in total. The molecule has 4 rings (SSSR count). The second kappa shape index (κ2) is 6.98. The maximum atomic E-state index is 13.0. The van der Waals surface area contributed by atoms with E-state index < -0.39 is 6.04 Å². The van der Waals surface area contributed by atoms with Crippen LogP contribution in [0.25, 0.3) is 0 Å². The molecule has 27 heavy (non-hydrogen) atoms. The molecule has 1 fully saturated rings. The van der Waals surface area contributed by atoms with Gasteiger partial charge in [0.1, 0.15) is 18.7 Å². The van der Waals surface area contributed by atoms with Gasteiger partial charge in [-0.05, 0) is 12.5 Å². The van der Waals surface area contributed by atoms with Crippen molar-refractivity contribution < 1.29 is 9.59 Å². The van der Waals surface area contributed by atoms with Crippen LogP contribution in [0.4, 0.5) is 0 Å². The zero-order valence-corrected chi connectivity index (χ0v) is 15.1. The number of likely N-dealkylation sites (tertiary alicyclic amines) is 1. The Bertz CT molecular complexity index is 906. The summed E-state index contributed by atoms with van der Waals surface area (Å²) in [4.78, 5) is 39.3. The number of hydrogen-bond acceptors (Lipinski definition) is 5. The van der Waals surface area contributed by atoms with Crippen molar-refractivity contribution in [2.45, 2.75) is 31.8 Å². The Hall–Kier alpha value is -2.97. The number of aromatic nitrogens is 4. The molecule has 0 aliphatic carbocycles. The van der Waals surface area contributed by atoms with Crippen molar-refractivity contribution in [3.63, 3.8) is 0 Å². The van der Waals surface area contributed by atoms with Crippen LogP contribution in [0.1, 0.15) is 31.0 Å². The first kappa shape index (κ1) is 17.4. The van der Waals surface area contributed by atoms with E-state index in [-0.39, 0.29) is 29.2 Å². The van der Waals surface area contributed by atoms with Gasteiger partial charge in [0.15, 0.2) is 0 Å². The fourth-order valence-corrected chi connectivity index (χ4v) is 4.28. The average molecular weight is 370 g/mol. The van der Waals surface area contributed by atoms with Crippen LogP contribution in [-0.2, 0) is 16.1 Å². The number of hydrogen-bond donors (Lipinski definition) is 1. The van der Waals surface area contributed by atoms with Gasteiger partial charge in [0, 0.05) is 56.7 Å². The number of piperidine rings is 1. The largest absolute Gasteiger partial charge is 0.352 e. The zero-order chi connectivity index (χ0) is 19.0. The van der Waals surface area contributed by atoms with E-state index in [9.17, 15) is 14.4 Å². The predicted molar refractivity (Wildman–Crippen MR) is 95.9 cm³/mol. The average Bonchev–Trinajstić information content (AvgIpc) is 3.16. The van der Waals surface area contributed by atoms with E-state index in [1.807, 2.05) is 6.07 Å². The van der Waals surface area contributed by atoms with Gasteiger partial charge in [-0.1, -0.05) is 6.07 Å². The first-order chi connectivity index (χ1) is 13.0. The molecular weight excluding hydrogens is 348 g/mol. The van der Waals surface area contributed by atoms with E-state index in [1.165, 1.54) is 6.07 Å². The Morgan fingerprint density at radius 1 is 1.22 bits per heavy atom. The number of nitrogens with zero attached hydrogens (tertiary/aromatic N) is 5. The molecule has 0 radical (unpaired) electrons. The summed E-state index contributed by atoms with van der Waals surface area (Å²) in [6.45, 7) is 3.60. The van der Waals surface area contributed by atoms with Gasteiger partial charge in [-0.15, -0.1) is 10.2 Å². The minimum absolute atomic E-state index is 0.00296. The van der Waals surface area contributed by atoms with Gasteiger partial charge in [0.2, 0.25) is 11.8 Å². The number of rotatable bonds is 4. The van der Waals surface area contributed by atoms with Gasteiger partial charge < -0.3 is 14.8 Å². The third kappa shape index (κ3) is 3.24. The van der Waals surface area contributed by atoms with Crippen molar-refractivity contribution in [1.82, 2.24) is 29.5 Å². The molecule has 9 heteroatoms. The molecule has 3 atom stereocenters. The van der Waals surface area contributed by atoms with Crippen molar-refractivity contribution in [3.05, 3.63) is 46.9 Å². The molecule has 4 heterocycles. The van der Waals surface area contributed by atoms with Crippen molar-refractivity contribution in [2.24, 2.45) is 5.92 Å². The summed E-state index contributed by atoms with van der Waals surface area (Å²) >= 11 is 0. The highest BCUT2D eigenvalue weighted by atomic mass is 16.2. The first-order valence-electron chi connectivity index (χ1n) is 9.11. The van der Waals surface area contributed by atoms with Gasteiger partial charge in [-0.2, -0.15) is 0 Å². The van der Waals surface area contributed by atoms with Crippen LogP contribution in [0, 0.1) is 5.92 Å². The Labute approximate surface area is 156 Å². The Morgan fingerprint density at radius 3 is 2.74 bits per heavy atom. The van der Waals surface area contributed by atoms with Crippen LogP contribution >= 0.6 is 0 Å². The number of fused-ring (bicyclic) bond motifs is 4.